The largest absolute Gasteiger partial charge is 0.302 e. The first-order valence-corrected chi connectivity index (χ1v) is 7.82. The van der Waals surface area contributed by atoms with Crippen molar-refractivity contribution in [1.29, 1.82) is 0 Å². The van der Waals surface area contributed by atoms with Crippen molar-refractivity contribution in [3.63, 3.8) is 0 Å². The van der Waals surface area contributed by atoms with Crippen molar-refractivity contribution in [2.24, 2.45) is 0 Å². The van der Waals surface area contributed by atoms with E-state index in [1.54, 1.807) is 26.8 Å². The zero-order valence-corrected chi connectivity index (χ0v) is 11.7. The number of sulfonamides is 1. The van der Waals surface area contributed by atoms with Crippen molar-refractivity contribution < 1.29 is 17.2 Å². The molecular formula is C10H15NO4S2. The fourth-order valence-electron chi connectivity index (χ4n) is 1.78. The predicted octanol–water partition coefficient (Wildman–Crippen LogP) is 1.56. The minimum Gasteiger partial charge on any atom is -0.302 e. The van der Waals surface area contributed by atoms with Crippen LogP contribution in [-0.2, 0) is 21.1 Å². The van der Waals surface area contributed by atoms with Crippen LogP contribution in [0.25, 0.3) is 0 Å². The highest BCUT2D eigenvalue weighted by molar-refractivity contribution is 7.92. The monoisotopic (exact) mass is 277 g/mol. The quantitative estimate of drug-likeness (QED) is 0.821. The number of hydrogen-bond acceptors (Lipinski definition) is 3. The Morgan fingerprint density at radius 1 is 1.24 bits per heavy atom. The van der Waals surface area contributed by atoms with Gasteiger partial charge >= 0.3 is 0 Å². The van der Waals surface area contributed by atoms with E-state index >= 15 is 0 Å². The Morgan fingerprint density at radius 3 is 2.18 bits per heavy atom. The maximum atomic E-state index is 11.2. The van der Waals surface area contributed by atoms with E-state index in [1.165, 1.54) is 0 Å². The van der Waals surface area contributed by atoms with Gasteiger partial charge in [-0.2, -0.15) is 0 Å². The summed E-state index contributed by atoms with van der Waals surface area (Å²) in [5, 5.41) is 0. The van der Waals surface area contributed by atoms with Gasteiger partial charge in [0.1, 0.15) is 0 Å². The molecule has 2 N–H and O–H groups in total. The lowest BCUT2D eigenvalue weighted by Gasteiger charge is -2.15. The minimum absolute atomic E-state index is 0.252. The first kappa shape index (κ1) is 14.1. The molecule has 0 aliphatic heterocycles. The zero-order valence-electron chi connectivity index (χ0n) is 10.1. The zero-order chi connectivity index (χ0) is 13.4. The second kappa shape index (κ2) is 4.75. The Hall–Kier alpha value is -0.920. The SMILES string of the molecule is Cc1cc(C)c(S(=O)O)c(C)c1NS(C)(=O)=O. The van der Waals surface area contributed by atoms with Gasteiger partial charge in [-0.1, -0.05) is 6.07 Å². The van der Waals surface area contributed by atoms with Crippen LogP contribution < -0.4 is 4.72 Å². The molecule has 0 amide bonds. The predicted molar refractivity (Wildman–Crippen MR) is 68.2 cm³/mol. The smallest absolute Gasteiger partial charge is 0.229 e. The summed E-state index contributed by atoms with van der Waals surface area (Å²) in [6, 6.07) is 1.68. The molecule has 5 nitrogen and oxygen atoms in total. The lowest BCUT2D eigenvalue weighted by molar-refractivity contribution is 0.563. The molecule has 1 atom stereocenters. The third-order valence-electron chi connectivity index (χ3n) is 2.36. The van der Waals surface area contributed by atoms with Crippen LogP contribution in [0.1, 0.15) is 16.7 Å². The molecule has 1 aromatic carbocycles. The molecule has 1 rings (SSSR count). The summed E-state index contributed by atoms with van der Waals surface area (Å²) < 4.78 is 45.2. The fourth-order valence-corrected chi connectivity index (χ4v) is 3.16. The van der Waals surface area contributed by atoms with Gasteiger partial charge < -0.3 is 4.55 Å². The third kappa shape index (κ3) is 3.27. The summed E-state index contributed by atoms with van der Waals surface area (Å²) in [6.45, 7) is 5.09. The molecule has 1 aromatic rings. The third-order valence-corrected chi connectivity index (χ3v) is 3.92. The molecule has 0 bridgehead atoms. The Bertz CT molecular complexity index is 578. The second-order valence-corrected chi connectivity index (χ2v) is 6.62. The van der Waals surface area contributed by atoms with Gasteiger partial charge in [0.15, 0.2) is 11.1 Å². The van der Waals surface area contributed by atoms with Crippen molar-refractivity contribution in [2.75, 3.05) is 11.0 Å². The molecule has 0 aliphatic rings. The first-order chi connectivity index (χ1) is 7.63. The van der Waals surface area contributed by atoms with E-state index in [9.17, 15) is 17.2 Å². The van der Waals surface area contributed by atoms with Gasteiger partial charge in [-0.05, 0) is 37.5 Å². The van der Waals surface area contributed by atoms with Crippen LogP contribution in [-0.4, -0.2) is 23.4 Å². The van der Waals surface area contributed by atoms with Crippen molar-refractivity contribution in [3.05, 3.63) is 22.8 Å². The highest BCUT2D eigenvalue weighted by Crippen LogP contribution is 2.29. The van der Waals surface area contributed by atoms with Gasteiger partial charge in [-0.3, -0.25) is 4.72 Å². The lowest BCUT2D eigenvalue weighted by Crippen LogP contribution is -2.13. The minimum atomic E-state index is -3.41. The Labute approximate surface area is 104 Å². The van der Waals surface area contributed by atoms with Crippen LogP contribution in [0.4, 0.5) is 5.69 Å². The van der Waals surface area contributed by atoms with E-state index in [4.69, 9.17) is 0 Å². The van der Waals surface area contributed by atoms with E-state index < -0.39 is 21.1 Å². The van der Waals surface area contributed by atoms with Crippen molar-refractivity contribution in [2.45, 2.75) is 25.7 Å². The molecule has 96 valence electrons. The highest BCUT2D eigenvalue weighted by atomic mass is 32.2. The average molecular weight is 277 g/mol. The van der Waals surface area contributed by atoms with Gasteiger partial charge in [-0.25, -0.2) is 12.6 Å². The fraction of sp³-hybridized carbons (Fsp3) is 0.400. The molecule has 0 aliphatic carbocycles. The summed E-state index contributed by atoms with van der Waals surface area (Å²) in [5.41, 5.74) is 2.24. The van der Waals surface area contributed by atoms with Gasteiger partial charge in [0.05, 0.1) is 16.8 Å². The number of benzene rings is 1. The average Bonchev–Trinajstić information content (AvgIpc) is 2.09. The molecule has 1 unspecified atom stereocenters. The highest BCUT2D eigenvalue weighted by Gasteiger charge is 2.16. The summed E-state index contributed by atoms with van der Waals surface area (Å²) in [4.78, 5) is 0.252. The van der Waals surface area contributed by atoms with Crippen molar-refractivity contribution in [3.8, 4) is 0 Å². The Balaban J connectivity index is 3.52. The first-order valence-electron chi connectivity index (χ1n) is 4.83. The molecule has 0 saturated carbocycles. The number of nitrogens with one attached hydrogen (secondary N) is 1. The number of rotatable bonds is 3. The van der Waals surface area contributed by atoms with Gasteiger partial charge in [0.2, 0.25) is 10.0 Å². The van der Waals surface area contributed by atoms with Gasteiger partial charge in [-0.15, -0.1) is 0 Å². The summed E-state index contributed by atoms with van der Waals surface area (Å²) >= 11 is -2.13. The van der Waals surface area contributed by atoms with Gasteiger partial charge in [0.25, 0.3) is 0 Å². The second-order valence-electron chi connectivity index (χ2n) is 3.96. The maximum Gasteiger partial charge on any atom is 0.229 e. The van der Waals surface area contributed by atoms with E-state index in [0.717, 1.165) is 11.8 Å². The van der Waals surface area contributed by atoms with Crippen LogP contribution in [0.2, 0.25) is 0 Å². The number of aryl methyl sites for hydroxylation is 2. The van der Waals surface area contributed by atoms with E-state index in [1.807, 2.05) is 0 Å². The molecule has 17 heavy (non-hydrogen) atoms. The lowest BCUT2D eigenvalue weighted by atomic mass is 10.1. The molecule has 0 spiro atoms. The van der Waals surface area contributed by atoms with Crippen LogP contribution >= 0.6 is 0 Å². The summed E-state index contributed by atoms with van der Waals surface area (Å²) in [7, 11) is -3.41. The molecule has 0 saturated heterocycles. The summed E-state index contributed by atoms with van der Waals surface area (Å²) in [6.07, 6.45) is 1.04. The van der Waals surface area contributed by atoms with Crippen molar-refractivity contribution in [1.82, 2.24) is 0 Å². The standard InChI is InChI=1S/C10H15NO4S2/c1-6-5-7(2)10(16(12)13)8(3)9(6)11-17(4,14)15/h5,11H,1-4H3,(H,12,13). The molecule has 7 heteroatoms. The van der Waals surface area contributed by atoms with Gasteiger partial charge in [0, 0.05) is 0 Å². The molecule has 0 radical (unpaired) electrons. The van der Waals surface area contributed by atoms with E-state index in [-0.39, 0.29) is 4.90 Å². The van der Waals surface area contributed by atoms with Crippen LogP contribution in [0.15, 0.2) is 11.0 Å². The normalized spacial score (nSPS) is 13.5. The van der Waals surface area contributed by atoms with E-state index in [2.05, 4.69) is 4.72 Å². The van der Waals surface area contributed by atoms with Crippen LogP contribution in [0.5, 0.6) is 0 Å². The molecular weight excluding hydrogens is 262 g/mol. The summed E-state index contributed by atoms with van der Waals surface area (Å²) in [5.74, 6) is 0. The molecule has 0 fully saturated rings. The van der Waals surface area contributed by atoms with E-state index in [0.29, 0.717) is 16.8 Å². The molecule has 0 heterocycles. The molecule has 0 aromatic heterocycles. The topological polar surface area (TPSA) is 83.5 Å². The number of anilines is 1. The van der Waals surface area contributed by atoms with Crippen LogP contribution in [0, 0.1) is 20.8 Å². The van der Waals surface area contributed by atoms with Crippen molar-refractivity contribution >= 4 is 26.8 Å². The Kier molecular flexibility index (Phi) is 3.95. The number of hydrogen-bond donors (Lipinski definition) is 2. The Morgan fingerprint density at radius 2 is 1.76 bits per heavy atom. The van der Waals surface area contributed by atoms with Crippen LogP contribution in [0.3, 0.4) is 0 Å². The maximum absolute atomic E-state index is 11.2.